The van der Waals surface area contributed by atoms with Gasteiger partial charge in [0.1, 0.15) is 0 Å². The van der Waals surface area contributed by atoms with Gasteiger partial charge in [0, 0.05) is 0 Å². The molecule has 0 heteroatoms. The van der Waals surface area contributed by atoms with E-state index in [1.165, 1.54) is 77.0 Å². The topological polar surface area (TPSA) is 0 Å². The summed E-state index contributed by atoms with van der Waals surface area (Å²) in [5.74, 6) is 0. The normalized spacial score (nSPS) is 12.0. The molecule has 0 aromatic rings. The minimum atomic E-state index is 0.581. The molecule has 0 aromatic heterocycles. The molecule has 0 spiro atoms. The van der Waals surface area contributed by atoms with Crippen LogP contribution in [0.3, 0.4) is 0 Å². The van der Waals surface area contributed by atoms with Gasteiger partial charge in [0.05, 0.1) is 0 Å². The second kappa shape index (κ2) is 12.1. The van der Waals surface area contributed by atoms with Crippen LogP contribution in [0.15, 0.2) is 0 Å². The van der Waals surface area contributed by atoms with Crippen molar-refractivity contribution in [1.29, 1.82) is 0 Å². The maximum atomic E-state index is 2.72. The van der Waals surface area contributed by atoms with E-state index >= 15 is 0 Å². The van der Waals surface area contributed by atoms with E-state index in [2.05, 4.69) is 34.1 Å². The third-order valence-corrected chi connectivity index (χ3v) is 4.22. The van der Waals surface area contributed by atoms with Crippen LogP contribution in [0.1, 0.15) is 105 Å². The van der Waals surface area contributed by atoms with Crippen molar-refractivity contribution in [2.45, 2.75) is 105 Å². The summed E-state index contributed by atoms with van der Waals surface area (Å²) in [6.07, 6.45) is 19.4. The highest BCUT2D eigenvalue weighted by Crippen LogP contribution is 2.40. The van der Waals surface area contributed by atoms with Gasteiger partial charge in [0.15, 0.2) is 0 Å². The maximum Gasteiger partial charge on any atom is -0.0266 e. The first kappa shape index (κ1) is 18.0. The molecule has 0 aromatic carbocycles. The summed E-state index contributed by atoms with van der Waals surface area (Å²) >= 11 is 0. The first-order chi connectivity index (χ1) is 8.74. The molecule has 0 bridgehead atoms. The number of hydrogen-bond acceptors (Lipinski definition) is 0. The summed E-state index contributed by atoms with van der Waals surface area (Å²) < 4.78 is 0. The summed E-state index contributed by atoms with van der Waals surface area (Å²) in [5.41, 5.74) is 0.581. The van der Waals surface area contributed by atoms with Gasteiger partial charge in [-0.05, 0) is 37.5 Å². The van der Waals surface area contributed by atoms with Crippen LogP contribution >= 0.6 is 0 Å². The summed E-state index contributed by atoms with van der Waals surface area (Å²) in [7, 11) is 0. The lowest BCUT2D eigenvalue weighted by Gasteiger charge is -2.34. The quantitative estimate of drug-likeness (QED) is 0.312. The average Bonchev–Trinajstić information content (AvgIpc) is 2.40. The SMILES string of the molecule is CCCC[CH]C(CCCC)(CCCC)CCCC. The van der Waals surface area contributed by atoms with E-state index < -0.39 is 0 Å². The van der Waals surface area contributed by atoms with Crippen molar-refractivity contribution in [3.8, 4) is 0 Å². The van der Waals surface area contributed by atoms with Gasteiger partial charge in [-0.1, -0.05) is 79.1 Å². The van der Waals surface area contributed by atoms with E-state index in [9.17, 15) is 0 Å². The monoisotopic (exact) mass is 253 g/mol. The minimum absolute atomic E-state index is 0.581. The molecule has 0 saturated heterocycles. The first-order valence-corrected chi connectivity index (χ1v) is 8.59. The van der Waals surface area contributed by atoms with Gasteiger partial charge in [-0.2, -0.15) is 0 Å². The van der Waals surface area contributed by atoms with Crippen molar-refractivity contribution >= 4 is 0 Å². The van der Waals surface area contributed by atoms with E-state index in [1.807, 2.05) is 0 Å². The average molecular weight is 253 g/mol. The van der Waals surface area contributed by atoms with Crippen molar-refractivity contribution in [3.05, 3.63) is 6.42 Å². The van der Waals surface area contributed by atoms with Crippen molar-refractivity contribution in [1.82, 2.24) is 0 Å². The Labute approximate surface area is 117 Å². The molecule has 0 aliphatic rings. The van der Waals surface area contributed by atoms with Crippen LogP contribution in [0, 0.1) is 11.8 Å². The van der Waals surface area contributed by atoms with Crippen molar-refractivity contribution < 1.29 is 0 Å². The molecule has 0 atom stereocenters. The van der Waals surface area contributed by atoms with E-state index in [1.54, 1.807) is 0 Å². The molecular formula is C18H37. The lowest BCUT2D eigenvalue weighted by atomic mass is 9.71. The Kier molecular flexibility index (Phi) is 12.1. The molecule has 0 fully saturated rings. The van der Waals surface area contributed by atoms with Gasteiger partial charge >= 0.3 is 0 Å². The first-order valence-electron chi connectivity index (χ1n) is 8.59. The highest BCUT2D eigenvalue weighted by Gasteiger charge is 2.27. The van der Waals surface area contributed by atoms with Crippen LogP contribution in [0.4, 0.5) is 0 Å². The van der Waals surface area contributed by atoms with Crippen molar-refractivity contribution in [3.63, 3.8) is 0 Å². The van der Waals surface area contributed by atoms with Crippen LogP contribution in [0.25, 0.3) is 0 Å². The van der Waals surface area contributed by atoms with Gasteiger partial charge in [-0.25, -0.2) is 0 Å². The molecule has 0 amide bonds. The summed E-state index contributed by atoms with van der Waals surface area (Å²) in [5, 5.41) is 0. The molecule has 109 valence electrons. The summed E-state index contributed by atoms with van der Waals surface area (Å²) in [6, 6.07) is 0. The number of rotatable bonds is 13. The molecule has 0 heterocycles. The number of unbranched alkanes of at least 4 members (excludes halogenated alkanes) is 5. The van der Waals surface area contributed by atoms with Crippen LogP contribution < -0.4 is 0 Å². The van der Waals surface area contributed by atoms with E-state index in [0.29, 0.717) is 5.41 Å². The Morgan fingerprint density at radius 2 is 1.00 bits per heavy atom. The van der Waals surface area contributed by atoms with E-state index in [0.717, 1.165) is 0 Å². The Morgan fingerprint density at radius 3 is 1.33 bits per heavy atom. The highest BCUT2D eigenvalue weighted by atomic mass is 14.3. The molecular weight excluding hydrogens is 216 g/mol. The molecule has 1 radical (unpaired) electrons. The Morgan fingerprint density at radius 1 is 0.611 bits per heavy atom. The molecule has 0 aliphatic carbocycles. The largest absolute Gasteiger partial charge is 0.0654 e. The molecule has 0 aliphatic heterocycles. The Bertz CT molecular complexity index is 138. The Balaban J connectivity index is 4.41. The van der Waals surface area contributed by atoms with E-state index in [4.69, 9.17) is 0 Å². The Hall–Kier alpha value is 0. The summed E-state index contributed by atoms with van der Waals surface area (Å²) in [4.78, 5) is 0. The fraction of sp³-hybridized carbons (Fsp3) is 0.944. The molecule has 0 nitrogen and oxygen atoms in total. The second-order valence-electron chi connectivity index (χ2n) is 6.02. The summed E-state index contributed by atoms with van der Waals surface area (Å²) in [6.45, 7) is 9.29. The van der Waals surface area contributed by atoms with Gasteiger partial charge in [-0.3, -0.25) is 0 Å². The van der Waals surface area contributed by atoms with Gasteiger partial charge in [0.2, 0.25) is 0 Å². The fourth-order valence-corrected chi connectivity index (χ4v) is 2.88. The minimum Gasteiger partial charge on any atom is -0.0654 e. The number of hydrogen-bond donors (Lipinski definition) is 0. The maximum absolute atomic E-state index is 2.72. The van der Waals surface area contributed by atoms with Crippen molar-refractivity contribution in [2.24, 2.45) is 5.41 Å². The predicted molar refractivity (Wildman–Crippen MR) is 84.8 cm³/mol. The molecule has 0 unspecified atom stereocenters. The predicted octanol–water partition coefficient (Wildman–Crippen LogP) is 6.94. The fourth-order valence-electron chi connectivity index (χ4n) is 2.88. The smallest absolute Gasteiger partial charge is 0.0266 e. The van der Waals surface area contributed by atoms with Crippen molar-refractivity contribution in [2.75, 3.05) is 0 Å². The standard InChI is InChI=1S/C18H37/c1-5-9-13-17-18(14-10-6-2,15-11-7-3)16-12-8-4/h17H,5-16H2,1-4H3. The third kappa shape index (κ3) is 8.16. The lowest BCUT2D eigenvalue weighted by Crippen LogP contribution is -2.22. The third-order valence-electron chi connectivity index (χ3n) is 4.22. The van der Waals surface area contributed by atoms with Crippen LogP contribution in [0.2, 0.25) is 0 Å². The van der Waals surface area contributed by atoms with Crippen LogP contribution in [-0.2, 0) is 0 Å². The lowest BCUT2D eigenvalue weighted by molar-refractivity contribution is 0.238. The van der Waals surface area contributed by atoms with Crippen LogP contribution in [0.5, 0.6) is 0 Å². The second-order valence-corrected chi connectivity index (χ2v) is 6.02. The van der Waals surface area contributed by atoms with E-state index in [-0.39, 0.29) is 0 Å². The molecule has 0 N–H and O–H groups in total. The zero-order chi connectivity index (χ0) is 13.7. The molecule has 0 rings (SSSR count). The van der Waals surface area contributed by atoms with Gasteiger partial charge in [0.25, 0.3) is 0 Å². The zero-order valence-corrected chi connectivity index (χ0v) is 13.6. The van der Waals surface area contributed by atoms with Gasteiger partial charge < -0.3 is 0 Å². The highest BCUT2D eigenvalue weighted by molar-refractivity contribution is 4.92. The molecule has 0 saturated carbocycles. The van der Waals surface area contributed by atoms with Crippen LogP contribution in [-0.4, -0.2) is 0 Å². The molecule has 18 heavy (non-hydrogen) atoms. The zero-order valence-electron chi connectivity index (χ0n) is 13.6. The van der Waals surface area contributed by atoms with Gasteiger partial charge in [-0.15, -0.1) is 0 Å².